The number of carbonyl (C=O) groups excluding carboxylic acids is 2. The Morgan fingerprint density at radius 1 is 1.29 bits per heavy atom. The van der Waals surface area contributed by atoms with Crippen molar-refractivity contribution in [3.8, 4) is 0 Å². The van der Waals surface area contributed by atoms with Crippen LogP contribution in [0.1, 0.15) is 33.3 Å². The first kappa shape index (κ1) is 16.6. The smallest absolute Gasteiger partial charge is 0.408 e. The lowest BCUT2D eigenvalue weighted by molar-refractivity contribution is -0.386. The van der Waals surface area contributed by atoms with Crippen molar-refractivity contribution in [2.75, 3.05) is 0 Å². The average Bonchev–Trinajstić information content (AvgIpc) is 2.36. The second-order valence-corrected chi connectivity index (χ2v) is 5.72. The highest BCUT2D eigenvalue weighted by Gasteiger charge is 2.35. The van der Waals surface area contributed by atoms with E-state index in [0.717, 1.165) is 0 Å². The molecule has 0 radical (unpaired) electrons. The number of alkyl carbamates (subject to hydrolysis) is 1. The van der Waals surface area contributed by atoms with Crippen LogP contribution in [0.3, 0.4) is 0 Å². The summed E-state index contributed by atoms with van der Waals surface area (Å²) in [4.78, 5) is 33.7. The van der Waals surface area contributed by atoms with E-state index in [2.05, 4.69) is 5.32 Å². The van der Waals surface area contributed by atoms with Crippen LogP contribution in [0.25, 0.3) is 0 Å². The number of hydrogen-bond acceptors (Lipinski definition) is 5. The second-order valence-electron chi connectivity index (χ2n) is 5.72. The maximum atomic E-state index is 11.8. The molecule has 0 spiro atoms. The molecule has 1 aromatic carbocycles. The molecule has 7 heteroatoms. The van der Waals surface area contributed by atoms with E-state index in [1.165, 1.54) is 25.1 Å². The molecular formula is C14H18N2O5. The van der Waals surface area contributed by atoms with E-state index in [1.54, 1.807) is 26.8 Å². The van der Waals surface area contributed by atoms with Gasteiger partial charge in [0.15, 0.2) is 0 Å². The van der Waals surface area contributed by atoms with Crippen molar-refractivity contribution < 1.29 is 19.2 Å². The van der Waals surface area contributed by atoms with Gasteiger partial charge in [-0.3, -0.25) is 10.1 Å². The molecule has 1 atom stereocenters. The van der Waals surface area contributed by atoms with E-state index < -0.39 is 22.2 Å². The molecule has 0 aliphatic carbocycles. The molecule has 7 nitrogen and oxygen atoms in total. The van der Waals surface area contributed by atoms with Gasteiger partial charge in [0.2, 0.25) is 0 Å². The first-order valence-electron chi connectivity index (χ1n) is 6.30. The van der Waals surface area contributed by atoms with Crippen molar-refractivity contribution in [1.82, 2.24) is 5.32 Å². The van der Waals surface area contributed by atoms with Gasteiger partial charge in [-0.2, -0.15) is 0 Å². The number of nitro benzene ring substituents is 1. The van der Waals surface area contributed by atoms with Gasteiger partial charge in [-0.1, -0.05) is 12.1 Å². The van der Waals surface area contributed by atoms with Crippen LogP contribution < -0.4 is 5.32 Å². The molecule has 1 unspecified atom stereocenters. The molecule has 0 fully saturated rings. The lowest BCUT2D eigenvalue weighted by Crippen LogP contribution is -2.47. The predicted octanol–water partition coefficient (Wildman–Crippen LogP) is 2.53. The lowest BCUT2D eigenvalue weighted by Gasteiger charge is -2.27. The third kappa shape index (κ3) is 4.27. The Labute approximate surface area is 122 Å². The molecule has 1 N–H and O–H groups in total. The number of amides is 1. The molecule has 1 rings (SSSR count). The van der Waals surface area contributed by atoms with Crippen LogP contribution in [0.2, 0.25) is 0 Å². The van der Waals surface area contributed by atoms with E-state index >= 15 is 0 Å². The van der Waals surface area contributed by atoms with Crippen LogP contribution in [0.15, 0.2) is 24.3 Å². The molecule has 0 heterocycles. The Balaban J connectivity index is 3.14. The number of hydrogen-bond donors (Lipinski definition) is 1. The SMILES string of the molecule is CC(C)(C)OC(=O)NC(C)(C=O)c1ccccc1[N+](=O)[O-]. The highest BCUT2D eigenvalue weighted by atomic mass is 16.6. The Hall–Kier alpha value is -2.44. The van der Waals surface area contributed by atoms with Crippen LogP contribution in [-0.4, -0.2) is 22.9 Å². The fraction of sp³-hybridized carbons (Fsp3) is 0.429. The van der Waals surface area contributed by atoms with Crippen molar-refractivity contribution in [3.05, 3.63) is 39.9 Å². The summed E-state index contributed by atoms with van der Waals surface area (Å²) in [6.07, 6.45) is -0.380. The topological polar surface area (TPSA) is 98.5 Å². The Bertz CT molecular complexity index is 565. The van der Waals surface area contributed by atoms with Crippen LogP contribution in [-0.2, 0) is 15.1 Å². The third-order valence-electron chi connectivity index (χ3n) is 2.66. The Morgan fingerprint density at radius 3 is 2.33 bits per heavy atom. The molecule has 0 saturated heterocycles. The largest absolute Gasteiger partial charge is 0.444 e. The van der Waals surface area contributed by atoms with Crippen LogP contribution in [0.4, 0.5) is 10.5 Å². The predicted molar refractivity (Wildman–Crippen MR) is 75.9 cm³/mol. The first-order chi connectivity index (χ1) is 9.59. The van der Waals surface area contributed by atoms with Crippen molar-refractivity contribution in [2.24, 2.45) is 0 Å². The zero-order valence-corrected chi connectivity index (χ0v) is 12.4. The fourth-order valence-corrected chi connectivity index (χ4v) is 1.75. The standard InChI is InChI=1S/C14H18N2O5/c1-13(2,3)21-12(18)15-14(4,9-17)10-7-5-6-8-11(10)16(19)20/h5-9H,1-4H3,(H,15,18). The molecule has 1 aromatic rings. The molecule has 0 saturated carbocycles. The molecule has 21 heavy (non-hydrogen) atoms. The van der Waals surface area contributed by atoms with Gasteiger partial charge >= 0.3 is 6.09 Å². The van der Waals surface area contributed by atoms with Crippen molar-refractivity contribution >= 4 is 18.1 Å². The van der Waals surface area contributed by atoms with E-state index in [-0.39, 0.29) is 11.3 Å². The Kier molecular flexibility index (Phi) is 4.67. The molecule has 114 valence electrons. The minimum Gasteiger partial charge on any atom is -0.444 e. The minimum absolute atomic E-state index is 0.0934. The molecule has 0 aromatic heterocycles. The number of nitro groups is 1. The maximum Gasteiger partial charge on any atom is 0.408 e. The molecule has 1 amide bonds. The highest BCUT2D eigenvalue weighted by molar-refractivity contribution is 5.79. The Morgan fingerprint density at radius 2 is 1.86 bits per heavy atom. The van der Waals surface area contributed by atoms with Gasteiger partial charge in [0.05, 0.1) is 10.5 Å². The zero-order chi connectivity index (χ0) is 16.3. The number of nitrogens with one attached hydrogen (secondary N) is 1. The number of benzene rings is 1. The highest BCUT2D eigenvalue weighted by Crippen LogP contribution is 2.28. The quantitative estimate of drug-likeness (QED) is 0.522. The number of aldehydes is 1. The van der Waals surface area contributed by atoms with Crippen LogP contribution in [0, 0.1) is 10.1 Å². The number of rotatable bonds is 4. The van der Waals surface area contributed by atoms with E-state index in [4.69, 9.17) is 4.74 Å². The van der Waals surface area contributed by atoms with E-state index in [0.29, 0.717) is 6.29 Å². The molecular weight excluding hydrogens is 276 g/mol. The van der Waals surface area contributed by atoms with Crippen molar-refractivity contribution in [2.45, 2.75) is 38.8 Å². The van der Waals surface area contributed by atoms with Gasteiger partial charge in [0.1, 0.15) is 17.4 Å². The summed E-state index contributed by atoms with van der Waals surface area (Å²) in [5.41, 5.74) is -2.44. The summed E-state index contributed by atoms with van der Waals surface area (Å²) in [7, 11) is 0. The van der Waals surface area contributed by atoms with Gasteiger partial charge < -0.3 is 14.8 Å². The molecule has 0 bridgehead atoms. The van der Waals surface area contributed by atoms with Gasteiger partial charge in [0.25, 0.3) is 5.69 Å². The average molecular weight is 294 g/mol. The second kappa shape index (κ2) is 5.90. The van der Waals surface area contributed by atoms with Crippen LogP contribution >= 0.6 is 0 Å². The fourth-order valence-electron chi connectivity index (χ4n) is 1.75. The monoisotopic (exact) mass is 294 g/mol. The summed E-state index contributed by atoms with van der Waals surface area (Å²) < 4.78 is 5.08. The van der Waals surface area contributed by atoms with Crippen molar-refractivity contribution in [1.29, 1.82) is 0 Å². The number of nitrogens with zero attached hydrogens (tertiary/aromatic N) is 1. The third-order valence-corrected chi connectivity index (χ3v) is 2.66. The minimum atomic E-state index is -1.55. The van der Waals surface area contributed by atoms with E-state index in [9.17, 15) is 19.7 Å². The van der Waals surface area contributed by atoms with E-state index in [1.807, 2.05) is 0 Å². The summed E-state index contributed by atoms with van der Waals surface area (Å²) in [5, 5.41) is 13.4. The van der Waals surface area contributed by atoms with Gasteiger partial charge in [0, 0.05) is 6.07 Å². The number of carbonyl (C=O) groups is 2. The maximum absolute atomic E-state index is 11.8. The first-order valence-corrected chi connectivity index (χ1v) is 6.30. The van der Waals surface area contributed by atoms with Gasteiger partial charge in [-0.15, -0.1) is 0 Å². The summed E-state index contributed by atoms with van der Waals surface area (Å²) in [6, 6.07) is 5.74. The van der Waals surface area contributed by atoms with Gasteiger partial charge in [-0.05, 0) is 33.8 Å². The van der Waals surface area contributed by atoms with Gasteiger partial charge in [-0.25, -0.2) is 4.79 Å². The van der Waals surface area contributed by atoms with Crippen molar-refractivity contribution in [3.63, 3.8) is 0 Å². The number of para-hydroxylation sites is 1. The lowest BCUT2D eigenvalue weighted by atomic mass is 9.92. The normalized spacial score (nSPS) is 13.9. The summed E-state index contributed by atoms with van der Waals surface area (Å²) in [5.74, 6) is 0. The summed E-state index contributed by atoms with van der Waals surface area (Å²) >= 11 is 0. The molecule has 0 aliphatic rings. The summed E-state index contributed by atoms with van der Waals surface area (Å²) in [6.45, 7) is 6.41. The molecule has 0 aliphatic heterocycles. The number of ether oxygens (including phenoxy) is 1. The zero-order valence-electron chi connectivity index (χ0n) is 12.4. The van der Waals surface area contributed by atoms with Crippen LogP contribution in [0.5, 0.6) is 0 Å².